The van der Waals surface area contributed by atoms with Crippen LogP contribution in [0.2, 0.25) is 0 Å². The Kier molecular flexibility index (Phi) is 1.55. The summed E-state index contributed by atoms with van der Waals surface area (Å²) in [5.41, 5.74) is 0.948. The number of nitrogens with one attached hydrogen (secondary N) is 2. The molecule has 2 aliphatic rings. The van der Waals surface area contributed by atoms with Crippen molar-refractivity contribution >= 4 is 18.0 Å². The first-order valence-electron chi connectivity index (χ1n) is 4.43. The summed E-state index contributed by atoms with van der Waals surface area (Å²) in [5.74, 6) is 1.09. The van der Waals surface area contributed by atoms with Gasteiger partial charge >= 0.3 is 0 Å². The normalized spacial score (nSPS) is 26.9. The Labute approximate surface area is 85.8 Å². The lowest BCUT2D eigenvalue weighted by molar-refractivity contribution is 0.763. The molecular weight excluding hydrogens is 196 g/mol. The molecule has 5 heteroatoms. The molecule has 0 fully saturated rings. The highest BCUT2D eigenvalue weighted by Crippen LogP contribution is 2.35. The summed E-state index contributed by atoms with van der Waals surface area (Å²) in [6.07, 6.45) is 8.28. The molecular formula is C9H8N4S. The molecule has 0 saturated heterocycles. The second kappa shape index (κ2) is 2.75. The minimum atomic E-state index is 0.278. The van der Waals surface area contributed by atoms with Gasteiger partial charge in [0.2, 0.25) is 4.77 Å². The van der Waals surface area contributed by atoms with Gasteiger partial charge in [0.15, 0.2) is 5.82 Å². The van der Waals surface area contributed by atoms with Crippen molar-refractivity contribution in [1.82, 2.24) is 15.2 Å². The Morgan fingerprint density at radius 1 is 1.29 bits per heavy atom. The molecule has 2 atom stereocenters. The van der Waals surface area contributed by atoms with Crippen molar-refractivity contribution in [3.05, 3.63) is 34.8 Å². The highest BCUT2D eigenvalue weighted by atomic mass is 32.1. The lowest BCUT2D eigenvalue weighted by Gasteiger charge is -2.13. The van der Waals surface area contributed by atoms with E-state index in [9.17, 15) is 0 Å². The van der Waals surface area contributed by atoms with Crippen molar-refractivity contribution in [3.8, 4) is 0 Å². The van der Waals surface area contributed by atoms with Crippen molar-refractivity contribution in [1.29, 1.82) is 0 Å². The lowest BCUT2D eigenvalue weighted by Crippen LogP contribution is -2.17. The number of nitrogens with zero attached hydrogens (tertiary/aromatic N) is 2. The van der Waals surface area contributed by atoms with Crippen LogP contribution in [0.4, 0.5) is 5.82 Å². The topological polar surface area (TPSA) is 53.6 Å². The first-order valence-corrected chi connectivity index (χ1v) is 4.83. The SMILES string of the molecule is S=c1nc2c(n[nH]1)[C@H]1C=CC=C[C@H]1N2. The smallest absolute Gasteiger partial charge is 0.215 e. The van der Waals surface area contributed by atoms with E-state index in [1.807, 2.05) is 12.2 Å². The van der Waals surface area contributed by atoms with Crippen molar-refractivity contribution in [3.63, 3.8) is 0 Å². The van der Waals surface area contributed by atoms with E-state index in [-0.39, 0.29) is 12.0 Å². The molecule has 0 amide bonds. The summed E-state index contributed by atoms with van der Waals surface area (Å²) in [7, 11) is 0. The molecule has 0 aromatic carbocycles. The van der Waals surface area contributed by atoms with Gasteiger partial charge < -0.3 is 5.32 Å². The molecule has 4 nitrogen and oxygen atoms in total. The average molecular weight is 204 g/mol. The number of anilines is 1. The van der Waals surface area contributed by atoms with E-state index in [0.717, 1.165) is 11.5 Å². The molecule has 0 spiro atoms. The first-order chi connectivity index (χ1) is 6.84. The number of rotatable bonds is 0. The monoisotopic (exact) mass is 204 g/mol. The van der Waals surface area contributed by atoms with Crippen molar-refractivity contribution < 1.29 is 0 Å². The Balaban J connectivity index is 2.15. The third-order valence-corrected chi connectivity index (χ3v) is 2.66. The maximum absolute atomic E-state index is 4.91. The third kappa shape index (κ3) is 1.02. The fourth-order valence-corrected chi connectivity index (χ4v) is 1.98. The van der Waals surface area contributed by atoms with Gasteiger partial charge in [-0.15, -0.1) is 0 Å². The van der Waals surface area contributed by atoms with Crippen LogP contribution >= 0.6 is 12.2 Å². The van der Waals surface area contributed by atoms with Crippen LogP contribution in [0.3, 0.4) is 0 Å². The molecule has 0 radical (unpaired) electrons. The van der Waals surface area contributed by atoms with Gasteiger partial charge in [-0.25, -0.2) is 0 Å². The van der Waals surface area contributed by atoms with Crippen LogP contribution < -0.4 is 5.32 Å². The highest BCUT2D eigenvalue weighted by Gasteiger charge is 2.32. The zero-order valence-corrected chi connectivity index (χ0v) is 8.08. The maximum atomic E-state index is 4.91. The average Bonchev–Trinajstić information content (AvgIpc) is 2.54. The molecule has 0 saturated carbocycles. The summed E-state index contributed by atoms with van der Waals surface area (Å²) in [5, 5.41) is 10.2. The minimum Gasteiger partial charge on any atom is -0.361 e. The quantitative estimate of drug-likeness (QED) is 0.629. The van der Waals surface area contributed by atoms with Gasteiger partial charge in [0, 0.05) is 5.92 Å². The van der Waals surface area contributed by atoms with E-state index in [1.54, 1.807) is 0 Å². The highest BCUT2D eigenvalue weighted by molar-refractivity contribution is 7.71. The summed E-state index contributed by atoms with van der Waals surface area (Å²) in [4.78, 5) is 4.20. The molecule has 1 aliphatic carbocycles. The standard InChI is InChI=1S/C9H8N4S/c14-9-11-8-7(12-13-9)5-3-1-2-4-6(5)10-8/h1-6H,(H2,10,11,13,14)/t5-,6+/m0/s1. The fraction of sp³-hybridized carbons (Fsp3) is 0.222. The molecule has 2 heterocycles. The number of allylic oxidation sites excluding steroid dienone is 2. The number of hydrogen-bond donors (Lipinski definition) is 2. The summed E-state index contributed by atoms with van der Waals surface area (Å²) in [6, 6.07) is 0.278. The van der Waals surface area contributed by atoms with E-state index < -0.39 is 0 Å². The van der Waals surface area contributed by atoms with Gasteiger partial charge in [-0.05, 0) is 12.2 Å². The van der Waals surface area contributed by atoms with Gasteiger partial charge in [-0.3, -0.25) is 5.10 Å². The zero-order chi connectivity index (χ0) is 9.54. The molecule has 1 aromatic heterocycles. The largest absolute Gasteiger partial charge is 0.361 e. The van der Waals surface area contributed by atoms with Crippen LogP contribution in [0.1, 0.15) is 11.6 Å². The van der Waals surface area contributed by atoms with Crippen molar-refractivity contribution in [2.45, 2.75) is 12.0 Å². The van der Waals surface area contributed by atoms with Crippen LogP contribution in [0.5, 0.6) is 0 Å². The number of H-pyrrole nitrogens is 1. The predicted octanol–water partition coefficient (Wildman–Crippen LogP) is 1.54. The van der Waals surface area contributed by atoms with Gasteiger partial charge in [-0.1, -0.05) is 24.3 Å². The maximum Gasteiger partial charge on any atom is 0.215 e. The Morgan fingerprint density at radius 3 is 3.07 bits per heavy atom. The van der Waals surface area contributed by atoms with Crippen LogP contribution in [-0.4, -0.2) is 21.2 Å². The molecule has 14 heavy (non-hydrogen) atoms. The second-order valence-corrected chi connectivity index (χ2v) is 3.73. The second-order valence-electron chi connectivity index (χ2n) is 3.34. The zero-order valence-electron chi connectivity index (χ0n) is 7.27. The first kappa shape index (κ1) is 7.87. The van der Waals surface area contributed by atoms with Crippen LogP contribution in [0, 0.1) is 4.77 Å². The number of aromatic amines is 1. The molecule has 3 rings (SSSR count). The van der Waals surface area contributed by atoms with Gasteiger partial charge in [0.05, 0.1) is 6.04 Å². The molecule has 2 N–H and O–H groups in total. The summed E-state index contributed by atoms with van der Waals surface area (Å²) >= 11 is 4.91. The summed E-state index contributed by atoms with van der Waals surface area (Å²) in [6.45, 7) is 0. The van der Waals surface area contributed by atoms with E-state index >= 15 is 0 Å². The number of fused-ring (bicyclic) bond motifs is 3. The molecule has 0 bridgehead atoms. The Bertz CT molecular complexity index is 488. The molecule has 0 unspecified atom stereocenters. The van der Waals surface area contributed by atoms with Crippen LogP contribution in [0.15, 0.2) is 24.3 Å². The third-order valence-electron chi connectivity index (χ3n) is 2.48. The van der Waals surface area contributed by atoms with Crippen molar-refractivity contribution in [2.24, 2.45) is 0 Å². The molecule has 1 aromatic rings. The molecule has 70 valence electrons. The van der Waals surface area contributed by atoms with E-state index in [1.165, 1.54) is 0 Å². The van der Waals surface area contributed by atoms with Crippen molar-refractivity contribution in [2.75, 3.05) is 5.32 Å². The molecule has 1 aliphatic heterocycles. The number of hydrogen-bond acceptors (Lipinski definition) is 4. The van der Waals surface area contributed by atoms with E-state index in [2.05, 4.69) is 32.7 Å². The van der Waals surface area contributed by atoms with Crippen LogP contribution in [-0.2, 0) is 0 Å². The fourth-order valence-electron chi connectivity index (χ4n) is 1.85. The van der Waals surface area contributed by atoms with E-state index in [0.29, 0.717) is 4.77 Å². The minimum absolute atomic E-state index is 0.278. The Hall–Kier alpha value is -1.49. The van der Waals surface area contributed by atoms with Crippen LogP contribution in [0.25, 0.3) is 0 Å². The van der Waals surface area contributed by atoms with Gasteiger partial charge in [0.1, 0.15) is 5.69 Å². The van der Waals surface area contributed by atoms with Gasteiger partial charge in [-0.2, -0.15) is 10.1 Å². The Morgan fingerprint density at radius 2 is 2.14 bits per heavy atom. The van der Waals surface area contributed by atoms with Gasteiger partial charge in [0.25, 0.3) is 0 Å². The summed E-state index contributed by atoms with van der Waals surface area (Å²) < 4.78 is 0.419. The predicted molar refractivity (Wildman–Crippen MR) is 55.6 cm³/mol. The lowest BCUT2D eigenvalue weighted by atomic mass is 9.96. The van der Waals surface area contributed by atoms with E-state index in [4.69, 9.17) is 12.2 Å². The number of aromatic nitrogens is 3.